The SMILES string of the molecule is CC(C)c1ccccc1OP(Oc1ccccc1C(C)C)Oc1ccc2ccccc2c1Sc1c(OP(Oc2ccccc2C(C)C)Oc2ccccc2C(C)C)ccc2ccccc12.c1ccc(C2OCCO2)c(OP(Oc2ccccc2C2OCCO2)Oc2ccc3ccccc3c2Sc2c(OP(Oc3ccccc3C3OCCO3)Oc3ccccc3C3OCCO3)ccc3ccccc23)c1. The Morgan fingerprint density at radius 2 is 0.355 bits per heavy atom. The van der Waals surface area contributed by atoms with E-state index in [1.807, 2.05) is 231 Å². The van der Waals surface area contributed by atoms with Crippen molar-refractivity contribution >= 4 is 101 Å². The highest BCUT2D eigenvalue weighted by Crippen LogP contribution is 2.59. The zero-order chi connectivity index (χ0) is 94.2. The normalized spacial score (nSPS) is 14.4. The lowest BCUT2D eigenvalue weighted by Crippen LogP contribution is -2.09. The molecule has 0 amide bonds. The number of rotatable bonds is 36. The predicted octanol–water partition coefficient (Wildman–Crippen LogP) is 32.0. The lowest BCUT2D eigenvalue weighted by atomic mass is 10.0. The van der Waals surface area contributed by atoms with Gasteiger partial charge in [-0.2, -0.15) is 0 Å². The summed E-state index contributed by atoms with van der Waals surface area (Å²) in [5.41, 5.74) is 7.12. The summed E-state index contributed by atoms with van der Waals surface area (Å²) in [7, 11) is -8.60. The van der Waals surface area contributed by atoms with Crippen LogP contribution in [-0.2, 0) is 37.9 Å². The average Bonchev–Trinajstić information content (AvgIpc) is 0.873. The van der Waals surface area contributed by atoms with Gasteiger partial charge < -0.3 is 92.2 Å². The highest BCUT2D eigenvalue weighted by Gasteiger charge is 2.37. The first-order valence-corrected chi connectivity index (χ1v) is 52.2. The summed E-state index contributed by atoms with van der Waals surface area (Å²) in [4.78, 5) is 3.33. The van der Waals surface area contributed by atoms with Gasteiger partial charge in [0.25, 0.3) is 0 Å². The molecule has 138 heavy (non-hydrogen) atoms. The molecule has 26 heteroatoms. The van der Waals surface area contributed by atoms with E-state index in [1.54, 1.807) is 11.8 Å². The second-order valence-corrected chi connectivity index (χ2v) is 39.9. The molecular formula is C112H104O20P4S2. The van der Waals surface area contributed by atoms with Crippen LogP contribution in [0.2, 0.25) is 0 Å². The summed E-state index contributed by atoms with van der Waals surface area (Å²) >= 11 is 3.08. The van der Waals surface area contributed by atoms with Gasteiger partial charge in [0.2, 0.25) is 0 Å². The summed E-state index contributed by atoms with van der Waals surface area (Å²) < 4.78 is 131. The maximum absolute atomic E-state index is 7.09. The fraction of sp³-hybridized carbons (Fsp3) is 0.214. The van der Waals surface area contributed by atoms with Gasteiger partial charge in [-0.1, -0.05) is 346 Å². The van der Waals surface area contributed by atoms with Crippen molar-refractivity contribution in [2.45, 2.75) is 124 Å². The molecule has 0 aliphatic carbocycles. The molecule has 704 valence electrons. The Morgan fingerprint density at radius 1 is 0.188 bits per heavy atom. The molecule has 16 aromatic carbocycles. The fourth-order valence-electron chi connectivity index (χ4n) is 16.3. The molecule has 4 aliphatic heterocycles. The Balaban J connectivity index is 0.000000178. The second kappa shape index (κ2) is 45.5. The van der Waals surface area contributed by atoms with Crippen LogP contribution in [0.4, 0.5) is 0 Å². The summed E-state index contributed by atoms with van der Waals surface area (Å²) in [6.07, 6.45) is -2.48. The molecule has 4 heterocycles. The molecule has 0 saturated carbocycles. The van der Waals surface area contributed by atoms with Crippen molar-refractivity contribution in [1.82, 2.24) is 0 Å². The zero-order valence-corrected chi connectivity index (χ0v) is 82.6. The minimum Gasteiger partial charge on any atom is -0.408 e. The van der Waals surface area contributed by atoms with Crippen molar-refractivity contribution in [3.63, 3.8) is 0 Å². The van der Waals surface area contributed by atoms with Gasteiger partial charge in [0.15, 0.2) is 25.2 Å². The van der Waals surface area contributed by atoms with E-state index in [2.05, 4.69) is 165 Å². The Kier molecular flexibility index (Phi) is 31.4. The van der Waals surface area contributed by atoms with Crippen LogP contribution in [0.15, 0.2) is 359 Å². The molecule has 4 saturated heterocycles. The van der Waals surface area contributed by atoms with Crippen LogP contribution in [0.3, 0.4) is 0 Å². The molecule has 20 nitrogen and oxygen atoms in total. The molecular weight excluding hydrogens is 1850 g/mol. The summed E-state index contributed by atoms with van der Waals surface area (Å²) in [6.45, 7) is 21.0. The molecule has 0 aromatic heterocycles. The van der Waals surface area contributed by atoms with Crippen molar-refractivity contribution in [3.05, 3.63) is 384 Å². The summed E-state index contributed by atoms with van der Waals surface area (Å²) in [6, 6.07) is 112. The Hall–Kier alpha value is -11.7. The smallest absolute Gasteiger partial charge is 0.408 e. The van der Waals surface area contributed by atoms with Crippen molar-refractivity contribution in [3.8, 4) is 69.0 Å². The highest BCUT2D eigenvalue weighted by molar-refractivity contribution is 8.00. The molecule has 0 N–H and O–H groups in total. The largest absolute Gasteiger partial charge is 0.530 e. The maximum atomic E-state index is 7.09. The van der Waals surface area contributed by atoms with Crippen molar-refractivity contribution in [2.24, 2.45) is 0 Å². The van der Waals surface area contributed by atoms with E-state index in [9.17, 15) is 0 Å². The van der Waals surface area contributed by atoms with Gasteiger partial charge in [0.1, 0.15) is 69.0 Å². The molecule has 4 aliphatic rings. The topological polar surface area (TPSA) is 185 Å². The van der Waals surface area contributed by atoms with Gasteiger partial charge in [0.05, 0.1) is 94.7 Å². The van der Waals surface area contributed by atoms with Gasteiger partial charge in [-0.05, 0) is 162 Å². The first-order valence-electron chi connectivity index (χ1n) is 46.2. The zero-order valence-electron chi connectivity index (χ0n) is 77.4. The van der Waals surface area contributed by atoms with Crippen molar-refractivity contribution in [2.75, 3.05) is 52.9 Å². The molecule has 16 aromatic rings. The van der Waals surface area contributed by atoms with Crippen LogP contribution < -0.4 is 54.3 Å². The molecule has 20 rings (SSSR count). The van der Waals surface area contributed by atoms with Crippen molar-refractivity contribution < 1.29 is 92.2 Å². The van der Waals surface area contributed by atoms with Crippen LogP contribution in [0.5, 0.6) is 69.0 Å². The van der Waals surface area contributed by atoms with Crippen molar-refractivity contribution in [1.29, 1.82) is 0 Å². The van der Waals surface area contributed by atoms with Crippen LogP contribution >= 0.6 is 57.9 Å². The van der Waals surface area contributed by atoms with E-state index < -0.39 is 59.6 Å². The van der Waals surface area contributed by atoms with E-state index in [4.69, 9.17) is 92.2 Å². The van der Waals surface area contributed by atoms with E-state index in [0.29, 0.717) is 121 Å². The van der Waals surface area contributed by atoms with E-state index >= 15 is 0 Å². The first-order chi connectivity index (χ1) is 67.7. The average molecular weight is 1960 g/mol. The summed E-state index contributed by atoms with van der Waals surface area (Å²) in [5, 5.41) is 7.98. The summed E-state index contributed by atoms with van der Waals surface area (Å²) in [5.74, 6) is 7.96. The number of benzene rings is 16. The monoisotopic (exact) mass is 1960 g/mol. The molecule has 0 unspecified atom stereocenters. The van der Waals surface area contributed by atoms with E-state index in [1.165, 1.54) is 11.8 Å². The molecule has 0 bridgehead atoms. The number of ether oxygens (including phenoxy) is 8. The van der Waals surface area contributed by atoms with Crippen LogP contribution in [0.25, 0.3) is 43.1 Å². The minimum atomic E-state index is -2.27. The number of para-hydroxylation sites is 8. The lowest BCUT2D eigenvalue weighted by Gasteiger charge is -2.25. The third kappa shape index (κ3) is 22.7. The standard InChI is InChI=1S/C56H48O14P2S.C56H56O6P2S/c1-3-15-39-37(13-1)25-27-49(69-71(65-45-21-9-5-17-41(45)53-57-29-30-58-53)66-46-22-10-6-18-42(46)54-59-31-32-60-54)51(39)73-52-40-16-4-2-14-38(40)26-28-50(52)70-72(67-47-23-11-7-19-43(47)55-61-33-34-62-55)68-48-24-12-8-20-44(48)56-63-35-36-64-56;1-37(2)43-23-13-17-29-49(43)57-63(58-50-30-18-14-24-44(50)38(3)4)61-53-35-33-41-21-9-11-27-47(41)55(53)65-56-48-28-12-10-22-42(48)34-36-54(56)62-64(59-51-31-19-15-25-45(51)39(5)6)60-52-32-20-16-26-46(52)40(7)8/h1-28,53-56H,29-36H2;9-40H,1-8H3. The van der Waals surface area contributed by atoms with Crippen LogP contribution in [0.1, 0.15) is 149 Å². The van der Waals surface area contributed by atoms with Gasteiger partial charge in [-0.25, -0.2) is 0 Å². The Morgan fingerprint density at radius 3 is 0.565 bits per heavy atom. The third-order valence-corrected chi connectivity index (χ3v) is 29.8. The Labute approximate surface area is 817 Å². The van der Waals surface area contributed by atoms with Crippen LogP contribution in [0, 0.1) is 0 Å². The van der Waals surface area contributed by atoms with Gasteiger partial charge >= 0.3 is 34.4 Å². The van der Waals surface area contributed by atoms with E-state index in [-0.39, 0.29) is 23.7 Å². The molecule has 4 fully saturated rings. The quantitative estimate of drug-likeness (QED) is 0.0337. The van der Waals surface area contributed by atoms with Gasteiger partial charge in [0, 0.05) is 0 Å². The molecule has 0 atom stereocenters. The fourth-order valence-corrected chi connectivity index (χ4v) is 23.3. The first kappa shape index (κ1) is 95.2. The van der Waals surface area contributed by atoms with Gasteiger partial charge in [-0.3, -0.25) is 0 Å². The van der Waals surface area contributed by atoms with Crippen LogP contribution in [-0.4, -0.2) is 52.9 Å². The second-order valence-electron chi connectivity index (χ2n) is 33.9. The number of hydrogen-bond acceptors (Lipinski definition) is 22. The molecule has 0 spiro atoms. The van der Waals surface area contributed by atoms with Gasteiger partial charge in [-0.15, -0.1) is 0 Å². The van der Waals surface area contributed by atoms with E-state index in [0.717, 1.165) is 108 Å². The predicted molar refractivity (Wildman–Crippen MR) is 546 cm³/mol. The number of hydrogen-bond donors (Lipinski definition) is 0. The maximum Gasteiger partial charge on any atom is 0.530 e. The highest BCUT2D eigenvalue weighted by atomic mass is 32.2. The lowest BCUT2D eigenvalue weighted by molar-refractivity contribution is -0.0456. The minimum absolute atomic E-state index is 0.221. The molecule has 0 radical (unpaired) electrons. The Bertz CT molecular complexity index is 6230. The number of fused-ring (bicyclic) bond motifs is 4. The third-order valence-electron chi connectivity index (χ3n) is 23.2.